The first-order valence-corrected chi connectivity index (χ1v) is 6.76. The van der Waals surface area contributed by atoms with Crippen LogP contribution in [0, 0.1) is 11.8 Å². The van der Waals surface area contributed by atoms with Crippen LogP contribution in [0.1, 0.15) is 51.4 Å². The van der Waals surface area contributed by atoms with Gasteiger partial charge in [0.2, 0.25) is 0 Å². The van der Waals surface area contributed by atoms with Gasteiger partial charge in [-0.2, -0.15) is 0 Å². The third-order valence-corrected chi connectivity index (χ3v) is 4.16. The second-order valence-corrected chi connectivity index (χ2v) is 5.23. The van der Waals surface area contributed by atoms with Crippen LogP contribution < -0.4 is 5.73 Å². The molecule has 2 unspecified atom stereocenters. The standard InChI is InChI=1S/C14H23NO/c15-10-12-8-5-9-13(12)14(16)11-6-3-1-2-4-7-11/h6,12-13H,1-5,7-10,15H2. The lowest BCUT2D eigenvalue weighted by Gasteiger charge is -2.17. The molecule has 2 heteroatoms. The lowest BCUT2D eigenvalue weighted by atomic mass is 9.87. The first-order valence-electron chi connectivity index (χ1n) is 6.76. The number of carbonyl (C=O) groups is 1. The number of allylic oxidation sites excluding steroid dienone is 2. The van der Waals surface area contributed by atoms with Gasteiger partial charge in [-0.25, -0.2) is 0 Å². The summed E-state index contributed by atoms with van der Waals surface area (Å²) in [5, 5.41) is 0. The zero-order valence-electron chi connectivity index (χ0n) is 10.1. The van der Waals surface area contributed by atoms with E-state index in [-0.39, 0.29) is 5.92 Å². The summed E-state index contributed by atoms with van der Waals surface area (Å²) in [5.74, 6) is 1.13. The molecule has 0 aromatic heterocycles. The Labute approximate surface area is 98.3 Å². The van der Waals surface area contributed by atoms with Crippen molar-refractivity contribution in [2.75, 3.05) is 6.54 Å². The SMILES string of the molecule is NCC1CCCC1C(=O)C1=CCCCCC1. The zero-order chi connectivity index (χ0) is 11.4. The molecule has 1 fully saturated rings. The van der Waals surface area contributed by atoms with Crippen molar-refractivity contribution in [1.29, 1.82) is 0 Å². The predicted octanol–water partition coefficient (Wildman–Crippen LogP) is 2.82. The summed E-state index contributed by atoms with van der Waals surface area (Å²) in [4.78, 5) is 12.4. The molecule has 0 heterocycles. The summed E-state index contributed by atoms with van der Waals surface area (Å²) >= 11 is 0. The molecule has 0 aromatic carbocycles. The van der Waals surface area contributed by atoms with E-state index < -0.39 is 0 Å². The first kappa shape index (κ1) is 11.8. The number of hydrogen-bond donors (Lipinski definition) is 1. The van der Waals surface area contributed by atoms with Crippen molar-refractivity contribution in [2.24, 2.45) is 17.6 Å². The van der Waals surface area contributed by atoms with Gasteiger partial charge in [0.1, 0.15) is 0 Å². The Morgan fingerprint density at radius 2 is 2.12 bits per heavy atom. The molecule has 0 saturated heterocycles. The molecular formula is C14H23NO. The molecule has 1 saturated carbocycles. The normalized spacial score (nSPS) is 30.9. The molecule has 0 radical (unpaired) electrons. The molecule has 0 spiro atoms. The Hall–Kier alpha value is -0.630. The van der Waals surface area contributed by atoms with E-state index >= 15 is 0 Å². The first-order chi connectivity index (χ1) is 7.83. The van der Waals surface area contributed by atoms with Gasteiger partial charge < -0.3 is 5.73 Å². The van der Waals surface area contributed by atoms with Gasteiger partial charge in [0.25, 0.3) is 0 Å². The number of nitrogens with two attached hydrogens (primary N) is 1. The average molecular weight is 221 g/mol. The van der Waals surface area contributed by atoms with Crippen molar-refractivity contribution in [3.8, 4) is 0 Å². The van der Waals surface area contributed by atoms with Crippen LogP contribution in [0.4, 0.5) is 0 Å². The molecular weight excluding hydrogens is 198 g/mol. The van der Waals surface area contributed by atoms with E-state index in [1.807, 2.05) is 0 Å². The van der Waals surface area contributed by atoms with E-state index in [2.05, 4.69) is 6.08 Å². The Morgan fingerprint density at radius 3 is 2.94 bits per heavy atom. The van der Waals surface area contributed by atoms with Crippen molar-refractivity contribution in [3.63, 3.8) is 0 Å². The van der Waals surface area contributed by atoms with Crippen molar-refractivity contribution in [3.05, 3.63) is 11.6 Å². The van der Waals surface area contributed by atoms with E-state index in [0.717, 1.165) is 31.3 Å². The van der Waals surface area contributed by atoms with Crippen LogP contribution in [0.15, 0.2) is 11.6 Å². The number of ketones is 1. The Morgan fingerprint density at radius 1 is 1.25 bits per heavy atom. The maximum absolute atomic E-state index is 12.4. The highest BCUT2D eigenvalue weighted by Crippen LogP contribution is 2.34. The average Bonchev–Trinajstić information content (AvgIpc) is 2.61. The molecule has 2 atom stereocenters. The number of carbonyl (C=O) groups excluding carboxylic acids is 1. The molecule has 0 amide bonds. The summed E-state index contributed by atoms with van der Waals surface area (Å²) in [6.45, 7) is 0.684. The van der Waals surface area contributed by atoms with Crippen LogP contribution in [0.3, 0.4) is 0 Å². The number of hydrogen-bond acceptors (Lipinski definition) is 2. The van der Waals surface area contributed by atoms with E-state index in [1.165, 1.54) is 25.7 Å². The van der Waals surface area contributed by atoms with Gasteiger partial charge in [0.05, 0.1) is 0 Å². The number of rotatable bonds is 3. The van der Waals surface area contributed by atoms with Crippen LogP contribution in [0.2, 0.25) is 0 Å². The molecule has 16 heavy (non-hydrogen) atoms. The predicted molar refractivity (Wildman–Crippen MR) is 66.1 cm³/mol. The summed E-state index contributed by atoms with van der Waals surface area (Å²) in [6, 6.07) is 0. The van der Waals surface area contributed by atoms with Gasteiger partial charge in [0.15, 0.2) is 5.78 Å². The van der Waals surface area contributed by atoms with E-state index in [4.69, 9.17) is 5.73 Å². The minimum absolute atomic E-state index is 0.245. The highest BCUT2D eigenvalue weighted by atomic mass is 16.1. The fourth-order valence-electron chi connectivity index (χ4n) is 3.14. The third kappa shape index (κ3) is 2.54. The largest absolute Gasteiger partial charge is 0.330 e. The van der Waals surface area contributed by atoms with E-state index in [0.29, 0.717) is 18.2 Å². The molecule has 2 aliphatic rings. The van der Waals surface area contributed by atoms with Gasteiger partial charge in [-0.3, -0.25) is 4.79 Å². The Bertz CT molecular complexity index is 282. The van der Waals surface area contributed by atoms with Crippen molar-refractivity contribution >= 4 is 5.78 Å². The van der Waals surface area contributed by atoms with Crippen molar-refractivity contribution < 1.29 is 4.79 Å². The smallest absolute Gasteiger partial charge is 0.161 e. The quantitative estimate of drug-likeness (QED) is 0.796. The van der Waals surface area contributed by atoms with Crippen molar-refractivity contribution in [2.45, 2.75) is 51.4 Å². The highest BCUT2D eigenvalue weighted by molar-refractivity contribution is 5.97. The highest BCUT2D eigenvalue weighted by Gasteiger charge is 2.33. The minimum atomic E-state index is 0.245. The Balaban J connectivity index is 2.02. The molecule has 0 bridgehead atoms. The van der Waals surface area contributed by atoms with Gasteiger partial charge in [-0.1, -0.05) is 18.9 Å². The lowest BCUT2D eigenvalue weighted by molar-refractivity contribution is -0.120. The maximum Gasteiger partial charge on any atom is 0.161 e. The minimum Gasteiger partial charge on any atom is -0.330 e. The van der Waals surface area contributed by atoms with Gasteiger partial charge in [0, 0.05) is 5.92 Å². The fraction of sp³-hybridized carbons (Fsp3) is 0.786. The topological polar surface area (TPSA) is 43.1 Å². The molecule has 2 nitrogen and oxygen atoms in total. The second-order valence-electron chi connectivity index (χ2n) is 5.23. The third-order valence-electron chi connectivity index (χ3n) is 4.16. The molecule has 0 aromatic rings. The fourth-order valence-corrected chi connectivity index (χ4v) is 3.14. The molecule has 2 N–H and O–H groups in total. The summed E-state index contributed by atoms with van der Waals surface area (Å²) in [7, 11) is 0. The Kier molecular flexibility index (Phi) is 4.16. The molecule has 2 aliphatic carbocycles. The molecule has 0 aliphatic heterocycles. The van der Waals surface area contributed by atoms with Gasteiger partial charge in [-0.15, -0.1) is 0 Å². The second kappa shape index (κ2) is 5.62. The van der Waals surface area contributed by atoms with Crippen molar-refractivity contribution in [1.82, 2.24) is 0 Å². The van der Waals surface area contributed by atoms with Crippen LogP contribution in [0.5, 0.6) is 0 Å². The summed E-state index contributed by atoms with van der Waals surface area (Å²) < 4.78 is 0. The summed E-state index contributed by atoms with van der Waals surface area (Å²) in [5.41, 5.74) is 6.86. The van der Waals surface area contributed by atoms with Crippen LogP contribution in [-0.2, 0) is 4.79 Å². The van der Waals surface area contributed by atoms with Gasteiger partial charge >= 0.3 is 0 Å². The zero-order valence-corrected chi connectivity index (χ0v) is 10.1. The van der Waals surface area contributed by atoms with Crippen LogP contribution >= 0.6 is 0 Å². The van der Waals surface area contributed by atoms with Gasteiger partial charge in [-0.05, 0) is 56.6 Å². The maximum atomic E-state index is 12.4. The molecule has 90 valence electrons. The van der Waals surface area contributed by atoms with E-state index in [9.17, 15) is 4.79 Å². The monoisotopic (exact) mass is 221 g/mol. The number of Topliss-reactive ketones (excluding diaryl/α,β-unsaturated/α-hetero) is 1. The summed E-state index contributed by atoms with van der Waals surface area (Å²) in [6.07, 6.45) is 11.4. The van der Waals surface area contributed by atoms with E-state index in [1.54, 1.807) is 0 Å². The molecule has 2 rings (SSSR count). The lowest BCUT2D eigenvalue weighted by Crippen LogP contribution is -2.26. The van der Waals surface area contributed by atoms with Crippen LogP contribution in [0.25, 0.3) is 0 Å². The van der Waals surface area contributed by atoms with Crippen LogP contribution in [-0.4, -0.2) is 12.3 Å².